The van der Waals surface area contributed by atoms with E-state index < -0.39 is 5.92 Å². The summed E-state index contributed by atoms with van der Waals surface area (Å²) < 4.78 is 31.0. The van der Waals surface area contributed by atoms with E-state index >= 15 is 0 Å². The summed E-state index contributed by atoms with van der Waals surface area (Å²) in [4.78, 5) is 1.99. The van der Waals surface area contributed by atoms with Crippen LogP contribution in [0.1, 0.15) is 18.4 Å². The van der Waals surface area contributed by atoms with Gasteiger partial charge in [-0.2, -0.15) is 0 Å². The third-order valence-electron chi connectivity index (χ3n) is 3.24. The Labute approximate surface area is 105 Å². The number of rotatable bonds is 3. The minimum atomic E-state index is -2.51. The van der Waals surface area contributed by atoms with E-state index in [0.717, 1.165) is 5.56 Å². The fourth-order valence-electron chi connectivity index (χ4n) is 2.12. The van der Waals surface area contributed by atoms with Crippen LogP contribution in [-0.4, -0.2) is 36.1 Å². The summed E-state index contributed by atoms with van der Waals surface area (Å²) in [5.41, 5.74) is 0.954. The zero-order valence-corrected chi connectivity index (χ0v) is 10.3. The van der Waals surface area contributed by atoms with Crippen molar-refractivity contribution in [3.63, 3.8) is 0 Å². The van der Waals surface area contributed by atoms with Crippen molar-refractivity contribution in [1.29, 1.82) is 0 Å². The molecule has 5 heteroatoms. The molecule has 2 rings (SSSR count). The Bertz CT molecular complexity index is 413. The van der Waals surface area contributed by atoms with Crippen molar-refractivity contribution in [1.82, 2.24) is 4.90 Å². The minimum absolute atomic E-state index is 0.0811. The predicted molar refractivity (Wildman–Crippen MR) is 64.1 cm³/mol. The van der Waals surface area contributed by atoms with Crippen molar-refractivity contribution in [2.75, 3.05) is 20.2 Å². The van der Waals surface area contributed by atoms with Gasteiger partial charge in [-0.3, -0.25) is 4.90 Å². The number of nitrogens with zero attached hydrogens (tertiary/aromatic N) is 1. The summed E-state index contributed by atoms with van der Waals surface area (Å²) in [6.45, 7) is 1.40. The molecule has 0 amide bonds. The molecule has 18 heavy (non-hydrogen) atoms. The zero-order chi connectivity index (χ0) is 13.2. The van der Waals surface area contributed by atoms with E-state index in [9.17, 15) is 13.9 Å². The zero-order valence-electron chi connectivity index (χ0n) is 10.3. The number of phenolic OH excluding ortho intramolecular Hbond substituents is 1. The van der Waals surface area contributed by atoms with Crippen LogP contribution in [0.15, 0.2) is 18.2 Å². The number of aromatic hydroxyl groups is 1. The van der Waals surface area contributed by atoms with Gasteiger partial charge in [-0.25, -0.2) is 8.78 Å². The largest absolute Gasteiger partial charge is 0.504 e. The van der Waals surface area contributed by atoms with Crippen LogP contribution in [0.25, 0.3) is 0 Å². The van der Waals surface area contributed by atoms with Gasteiger partial charge in [-0.15, -0.1) is 0 Å². The van der Waals surface area contributed by atoms with E-state index in [0.29, 0.717) is 25.4 Å². The fourth-order valence-corrected chi connectivity index (χ4v) is 2.12. The van der Waals surface area contributed by atoms with Crippen LogP contribution in [0.3, 0.4) is 0 Å². The van der Waals surface area contributed by atoms with E-state index in [-0.39, 0.29) is 18.6 Å². The Hall–Kier alpha value is -1.36. The lowest BCUT2D eigenvalue weighted by Gasteiger charge is -2.31. The van der Waals surface area contributed by atoms with Crippen molar-refractivity contribution < 1.29 is 18.6 Å². The predicted octanol–water partition coefficient (Wildman–Crippen LogP) is 2.63. The Morgan fingerprint density at radius 3 is 2.61 bits per heavy atom. The van der Waals surface area contributed by atoms with Gasteiger partial charge < -0.3 is 9.84 Å². The first-order chi connectivity index (χ1) is 8.50. The summed E-state index contributed by atoms with van der Waals surface area (Å²) in [5.74, 6) is -2.01. The fraction of sp³-hybridized carbons (Fsp3) is 0.538. The standard InChI is InChI=1S/C13H17F2NO2/c1-18-12-8-10(2-3-11(12)17)9-16-6-4-13(14,15)5-7-16/h2-3,8,17H,4-7,9H2,1H3. The number of piperidine rings is 1. The third kappa shape index (κ3) is 3.10. The van der Waals surface area contributed by atoms with Crippen LogP contribution < -0.4 is 4.74 Å². The van der Waals surface area contributed by atoms with Gasteiger partial charge in [0, 0.05) is 32.5 Å². The molecule has 1 heterocycles. The molecule has 1 saturated heterocycles. The molecule has 1 aliphatic heterocycles. The number of likely N-dealkylation sites (tertiary alicyclic amines) is 1. The first-order valence-electron chi connectivity index (χ1n) is 5.96. The molecule has 0 unspecified atom stereocenters. The molecule has 0 aromatic heterocycles. The molecular weight excluding hydrogens is 240 g/mol. The molecule has 0 radical (unpaired) electrons. The molecule has 100 valence electrons. The van der Waals surface area contributed by atoms with Gasteiger partial charge in [0.25, 0.3) is 5.92 Å². The average Bonchev–Trinajstić information content (AvgIpc) is 2.34. The molecule has 1 aromatic rings. The second kappa shape index (κ2) is 5.10. The van der Waals surface area contributed by atoms with Crippen LogP contribution in [0.4, 0.5) is 8.78 Å². The van der Waals surface area contributed by atoms with Crippen LogP contribution in [0, 0.1) is 0 Å². The number of methoxy groups -OCH3 is 1. The lowest BCUT2D eigenvalue weighted by Crippen LogP contribution is -2.38. The number of phenols is 1. The van der Waals surface area contributed by atoms with Crippen LogP contribution >= 0.6 is 0 Å². The van der Waals surface area contributed by atoms with Crippen molar-refractivity contribution in [3.05, 3.63) is 23.8 Å². The molecule has 1 aliphatic rings. The van der Waals surface area contributed by atoms with Crippen molar-refractivity contribution in [2.45, 2.75) is 25.3 Å². The first kappa shape index (κ1) is 13.1. The number of benzene rings is 1. The topological polar surface area (TPSA) is 32.7 Å². The molecular formula is C13H17F2NO2. The maximum atomic E-state index is 13.0. The average molecular weight is 257 g/mol. The van der Waals surface area contributed by atoms with E-state index in [4.69, 9.17) is 4.74 Å². The quantitative estimate of drug-likeness (QED) is 0.903. The number of ether oxygens (including phenoxy) is 1. The van der Waals surface area contributed by atoms with E-state index in [2.05, 4.69) is 0 Å². The molecule has 3 nitrogen and oxygen atoms in total. The number of alkyl halides is 2. The summed E-state index contributed by atoms with van der Waals surface area (Å²) in [6.07, 6.45) is -0.162. The maximum absolute atomic E-state index is 13.0. The van der Waals surface area contributed by atoms with Crippen LogP contribution in [0.2, 0.25) is 0 Å². The Kier molecular flexibility index (Phi) is 3.71. The normalized spacial score (nSPS) is 19.7. The Morgan fingerprint density at radius 2 is 2.00 bits per heavy atom. The Morgan fingerprint density at radius 1 is 1.33 bits per heavy atom. The maximum Gasteiger partial charge on any atom is 0.250 e. The third-order valence-corrected chi connectivity index (χ3v) is 3.24. The highest BCUT2D eigenvalue weighted by molar-refractivity contribution is 5.41. The molecule has 1 N–H and O–H groups in total. The monoisotopic (exact) mass is 257 g/mol. The second-order valence-electron chi connectivity index (χ2n) is 4.64. The second-order valence-corrected chi connectivity index (χ2v) is 4.64. The van der Waals surface area contributed by atoms with Gasteiger partial charge in [0.2, 0.25) is 0 Å². The minimum Gasteiger partial charge on any atom is -0.504 e. The molecule has 0 saturated carbocycles. The molecule has 1 fully saturated rings. The highest BCUT2D eigenvalue weighted by Crippen LogP contribution is 2.30. The van der Waals surface area contributed by atoms with E-state index in [1.165, 1.54) is 7.11 Å². The molecule has 0 bridgehead atoms. The van der Waals surface area contributed by atoms with Crippen molar-refractivity contribution >= 4 is 0 Å². The Balaban J connectivity index is 1.98. The summed E-state index contributed by atoms with van der Waals surface area (Å²) in [7, 11) is 1.49. The number of hydrogen-bond acceptors (Lipinski definition) is 3. The van der Waals surface area contributed by atoms with Gasteiger partial charge in [-0.1, -0.05) is 6.07 Å². The highest BCUT2D eigenvalue weighted by Gasteiger charge is 2.33. The van der Waals surface area contributed by atoms with Crippen LogP contribution in [-0.2, 0) is 6.54 Å². The van der Waals surface area contributed by atoms with E-state index in [1.54, 1.807) is 18.2 Å². The van der Waals surface area contributed by atoms with Gasteiger partial charge in [0.15, 0.2) is 11.5 Å². The molecule has 0 atom stereocenters. The lowest BCUT2D eigenvalue weighted by molar-refractivity contribution is -0.0566. The summed E-state index contributed by atoms with van der Waals surface area (Å²) >= 11 is 0. The SMILES string of the molecule is COc1cc(CN2CCC(F)(F)CC2)ccc1O. The summed E-state index contributed by atoms with van der Waals surface area (Å²) in [5, 5.41) is 9.47. The first-order valence-corrected chi connectivity index (χ1v) is 5.96. The van der Waals surface area contributed by atoms with Crippen molar-refractivity contribution in [3.8, 4) is 11.5 Å². The van der Waals surface area contributed by atoms with E-state index in [1.807, 2.05) is 4.90 Å². The van der Waals surface area contributed by atoms with Crippen molar-refractivity contribution in [2.24, 2.45) is 0 Å². The molecule has 0 aliphatic carbocycles. The molecule has 1 aromatic carbocycles. The lowest BCUT2D eigenvalue weighted by atomic mass is 10.1. The van der Waals surface area contributed by atoms with Gasteiger partial charge in [0.1, 0.15) is 0 Å². The van der Waals surface area contributed by atoms with Gasteiger partial charge in [-0.05, 0) is 17.7 Å². The number of hydrogen-bond donors (Lipinski definition) is 1. The summed E-state index contributed by atoms with van der Waals surface area (Å²) in [6, 6.07) is 5.08. The highest BCUT2D eigenvalue weighted by atomic mass is 19.3. The van der Waals surface area contributed by atoms with Gasteiger partial charge >= 0.3 is 0 Å². The number of halogens is 2. The van der Waals surface area contributed by atoms with Crippen LogP contribution in [0.5, 0.6) is 11.5 Å². The molecule has 0 spiro atoms. The smallest absolute Gasteiger partial charge is 0.250 e. The van der Waals surface area contributed by atoms with Gasteiger partial charge in [0.05, 0.1) is 7.11 Å².